The van der Waals surface area contributed by atoms with E-state index in [0.29, 0.717) is 10.9 Å². The smallest absolute Gasteiger partial charge is 0.237 e. The minimum absolute atomic E-state index is 0.0935. The second-order valence-electron chi connectivity index (χ2n) is 5.55. The first-order valence-electron chi connectivity index (χ1n) is 7.80. The largest absolute Gasteiger partial charge is 0.311 e. The number of carbonyl (C=O) groups excluding carboxylic acids is 1. The predicted molar refractivity (Wildman–Crippen MR) is 95.0 cm³/mol. The molecule has 3 aromatic rings. The number of hydrogen-bond donors (Lipinski definition) is 1. The Morgan fingerprint density at radius 1 is 1.12 bits per heavy atom. The number of aromatic amines is 1. The Morgan fingerprint density at radius 3 is 2.79 bits per heavy atom. The van der Waals surface area contributed by atoms with Gasteiger partial charge in [-0.25, -0.2) is 4.98 Å². The zero-order chi connectivity index (χ0) is 16.4. The van der Waals surface area contributed by atoms with E-state index < -0.39 is 0 Å². The highest BCUT2D eigenvalue weighted by atomic mass is 32.2. The lowest BCUT2D eigenvalue weighted by molar-refractivity contribution is -0.116. The molecule has 1 aromatic heterocycles. The average Bonchev–Trinajstić information content (AvgIpc) is 3.27. The first kappa shape index (κ1) is 15.0. The summed E-state index contributed by atoms with van der Waals surface area (Å²) in [6, 6.07) is 17.9. The summed E-state index contributed by atoms with van der Waals surface area (Å²) in [6.45, 7) is 0.752. The van der Waals surface area contributed by atoms with E-state index in [4.69, 9.17) is 0 Å². The normalized spacial score (nSPS) is 13.1. The van der Waals surface area contributed by atoms with E-state index in [-0.39, 0.29) is 5.91 Å². The first-order chi connectivity index (χ1) is 11.8. The molecule has 4 rings (SSSR count). The summed E-state index contributed by atoms with van der Waals surface area (Å²) >= 11 is 1.36. The molecule has 1 N–H and O–H groups in total. The maximum Gasteiger partial charge on any atom is 0.237 e. The van der Waals surface area contributed by atoms with Crippen molar-refractivity contribution in [3.8, 4) is 11.4 Å². The number of benzene rings is 2. The van der Waals surface area contributed by atoms with Crippen LogP contribution in [0.15, 0.2) is 59.8 Å². The SMILES string of the molecule is O=C(CSc1n[nH]c(-c2ccccc2)n1)N1CCc2ccccc21. The van der Waals surface area contributed by atoms with Crippen LogP contribution in [-0.2, 0) is 11.2 Å². The van der Waals surface area contributed by atoms with E-state index in [1.165, 1.54) is 17.3 Å². The van der Waals surface area contributed by atoms with E-state index in [0.717, 1.165) is 30.0 Å². The van der Waals surface area contributed by atoms with E-state index in [1.807, 2.05) is 53.4 Å². The summed E-state index contributed by atoms with van der Waals surface area (Å²) in [7, 11) is 0. The van der Waals surface area contributed by atoms with Crippen molar-refractivity contribution in [1.29, 1.82) is 0 Å². The summed E-state index contributed by atoms with van der Waals surface area (Å²) in [4.78, 5) is 18.8. The van der Waals surface area contributed by atoms with Crippen molar-refractivity contribution in [1.82, 2.24) is 15.2 Å². The molecular formula is C18H16N4OS. The number of hydrogen-bond acceptors (Lipinski definition) is 4. The average molecular weight is 336 g/mol. The zero-order valence-corrected chi connectivity index (χ0v) is 13.8. The number of aromatic nitrogens is 3. The molecule has 0 atom stereocenters. The molecule has 0 spiro atoms. The maximum atomic E-state index is 12.5. The monoisotopic (exact) mass is 336 g/mol. The van der Waals surface area contributed by atoms with Crippen LogP contribution in [0.4, 0.5) is 5.69 Å². The molecule has 0 aliphatic carbocycles. The van der Waals surface area contributed by atoms with Gasteiger partial charge in [0.05, 0.1) is 5.75 Å². The van der Waals surface area contributed by atoms with Gasteiger partial charge in [0.25, 0.3) is 0 Å². The molecule has 1 aliphatic rings. The maximum absolute atomic E-state index is 12.5. The third kappa shape index (κ3) is 2.92. The summed E-state index contributed by atoms with van der Waals surface area (Å²) in [5, 5.41) is 7.71. The van der Waals surface area contributed by atoms with Crippen LogP contribution in [0.25, 0.3) is 11.4 Å². The van der Waals surface area contributed by atoms with Gasteiger partial charge in [0, 0.05) is 17.8 Å². The molecule has 2 aromatic carbocycles. The number of thioether (sulfide) groups is 1. The van der Waals surface area contributed by atoms with Gasteiger partial charge in [0.1, 0.15) is 0 Å². The summed E-state index contributed by atoms with van der Waals surface area (Å²) in [6.07, 6.45) is 0.922. The molecule has 0 radical (unpaired) electrons. The number of amides is 1. The fourth-order valence-electron chi connectivity index (χ4n) is 2.84. The van der Waals surface area contributed by atoms with Crippen LogP contribution in [0.2, 0.25) is 0 Å². The molecule has 0 saturated heterocycles. The first-order valence-corrected chi connectivity index (χ1v) is 8.79. The quantitative estimate of drug-likeness (QED) is 0.744. The Balaban J connectivity index is 1.41. The third-order valence-electron chi connectivity index (χ3n) is 4.03. The molecule has 0 saturated carbocycles. The number of nitrogens with one attached hydrogen (secondary N) is 1. The van der Waals surface area contributed by atoms with Gasteiger partial charge in [-0.15, -0.1) is 5.10 Å². The lowest BCUT2D eigenvalue weighted by atomic mass is 10.2. The highest BCUT2D eigenvalue weighted by Crippen LogP contribution is 2.28. The van der Waals surface area contributed by atoms with Crippen molar-refractivity contribution in [2.24, 2.45) is 0 Å². The summed E-state index contributed by atoms with van der Waals surface area (Å²) < 4.78 is 0. The van der Waals surface area contributed by atoms with Crippen molar-refractivity contribution in [2.75, 3.05) is 17.2 Å². The third-order valence-corrected chi connectivity index (χ3v) is 4.86. The van der Waals surface area contributed by atoms with Crippen LogP contribution >= 0.6 is 11.8 Å². The van der Waals surface area contributed by atoms with Crippen LogP contribution in [0.5, 0.6) is 0 Å². The standard InChI is InChI=1S/C18H16N4OS/c23-16(22-11-10-13-6-4-5-9-15(13)22)12-24-18-19-17(20-21-18)14-7-2-1-3-8-14/h1-9H,10-12H2,(H,19,20,21). The van der Waals surface area contributed by atoms with Gasteiger partial charge >= 0.3 is 0 Å². The Bertz CT molecular complexity index is 862. The van der Waals surface area contributed by atoms with Crippen LogP contribution in [0.3, 0.4) is 0 Å². The molecule has 5 nitrogen and oxygen atoms in total. The van der Waals surface area contributed by atoms with Crippen LogP contribution in [-0.4, -0.2) is 33.4 Å². The van der Waals surface area contributed by atoms with E-state index in [9.17, 15) is 4.79 Å². The van der Waals surface area contributed by atoms with Crippen molar-refractivity contribution in [3.05, 3.63) is 60.2 Å². The fourth-order valence-corrected chi connectivity index (χ4v) is 3.51. The van der Waals surface area contributed by atoms with Crippen molar-refractivity contribution in [2.45, 2.75) is 11.6 Å². The Morgan fingerprint density at radius 2 is 1.92 bits per heavy atom. The summed E-state index contributed by atoms with van der Waals surface area (Å²) in [5.41, 5.74) is 3.25. The minimum Gasteiger partial charge on any atom is -0.311 e. The molecule has 0 unspecified atom stereocenters. The Kier molecular flexibility index (Phi) is 4.04. The molecular weight excluding hydrogens is 320 g/mol. The van der Waals surface area contributed by atoms with Gasteiger partial charge in [0.2, 0.25) is 11.1 Å². The second-order valence-corrected chi connectivity index (χ2v) is 6.49. The molecule has 24 heavy (non-hydrogen) atoms. The summed E-state index contributed by atoms with van der Waals surface area (Å²) in [5.74, 6) is 1.15. The topological polar surface area (TPSA) is 61.9 Å². The zero-order valence-electron chi connectivity index (χ0n) is 13.0. The van der Waals surface area contributed by atoms with E-state index >= 15 is 0 Å². The molecule has 120 valence electrons. The number of rotatable bonds is 4. The van der Waals surface area contributed by atoms with Crippen LogP contribution in [0.1, 0.15) is 5.56 Å². The number of carbonyl (C=O) groups is 1. The minimum atomic E-state index is 0.0935. The lowest BCUT2D eigenvalue weighted by Crippen LogP contribution is -2.30. The molecule has 0 fully saturated rings. The fraction of sp³-hybridized carbons (Fsp3) is 0.167. The van der Waals surface area contributed by atoms with Gasteiger partial charge in [-0.2, -0.15) is 0 Å². The number of anilines is 1. The predicted octanol–water partition coefficient (Wildman–Crippen LogP) is 3.15. The van der Waals surface area contributed by atoms with Gasteiger partial charge in [0.15, 0.2) is 5.82 Å². The van der Waals surface area contributed by atoms with Gasteiger partial charge in [-0.1, -0.05) is 60.3 Å². The van der Waals surface area contributed by atoms with Gasteiger partial charge in [-0.05, 0) is 18.1 Å². The van der Waals surface area contributed by atoms with E-state index in [2.05, 4.69) is 21.2 Å². The number of H-pyrrole nitrogens is 1. The Labute approximate surface area is 144 Å². The van der Waals surface area contributed by atoms with E-state index in [1.54, 1.807) is 0 Å². The number of fused-ring (bicyclic) bond motifs is 1. The van der Waals surface area contributed by atoms with Gasteiger partial charge < -0.3 is 4.90 Å². The lowest BCUT2D eigenvalue weighted by Gasteiger charge is -2.16. The van der Waals surface area contributed by atoms with Crippen LogP contribution < -0.4 is 4.90 Å². The number of para-hydroxylation sites is 1. The highest BCUT2D eigenvalue weighted by Gasteiger charge is 2.24. The van der Waals surface area contributed by atoms with Crippen molar-refractivity contribution >= 4 is 23.4 Å². The Hall–Kier alpha value is -2.60. The molecule has 2 heterocycles. The van der Waals surface area contributed by atoms with Crippen molar-refractivity contribution < 1.29 is 4.79 Å². The number of nitrogens with zero attached hydrogens (tertiary/aromatic N) is 3. The molecule has 1 aliphatic heterocycles. The molecule has 6 heteroatoms. The van der Waals surface area contributed by atoms with Crippen LogP contribution in [0, 0.1) is 0 Å². The molecule has 1 amide bonds. The molecule has 0 bridgehead atoms. The van der Waals surface area contributed by atoms with Gasteiger partial charge in [-0.3, -0.25) is 9.89 Å². The highest BCUT2D eigenvalue weighted by molar-refractivity contribution is 7.99. The van der Waals surface area contributed by atoms with Crippen molar-refractivity contribution in [3.63, 3.8) is 0 Å². The second kappa shape index (κ2) is 6.49.